The molecule has 0 aromatic carbocycles. The Morgan fingerprint density at radius 3 is 1.63 bits per heavy atom. The smallest absolute Gasteiger partial charge is 0.0701 e. The number of ether oxygens (including phenoxy) is 4. The lowest BCUT2D eigenvalue weighted by atomic mass is 10.5. The maximum atomic E-state index is 5.39. The van der Waals surface area contributed by atoms with Crippen molar-refractivity contribution in [3.63, 3.8) is 0 Å². The quantitative estimate of drug-likeness (QED) is 0.387. The summed E-state index contributed by atoms with van der Waals surface area (Å²) >= 11 is 0. The molecule has 116 valence electrons. The van der Waals surface area contributed by atoms with Crippen LogP contribution in [0.15, 0.2) is 0 Å². The Bertz CT molecular complexity index is 146. The van der Waals surface area contributed by atoms with Gasteiger partial charge in [-0.25, -0.2) is 0 Å². The van der Waals surface area contributed by atoms with Crippen molar-refractivity contribution in [2.75, 3.05) is 72.5 Å². The minimum Gasteiger partial charge on any atom is -0.378 e. The van der Waals surface area contributed by atoms with Gasteiger partial charge in [0.15, 0.2) is 0 Å². The molecule has 0 heterocycles. The SMILES string of the molecule is CCCNCCOCCOCCOCCOCCN. The van der Waals surface area contributed by atoms with Gasteiger partial charge < -0.3 is 30.0 Å². The maximum Gasteiger partial charge on any atom is 0.0701 e. The zero-order valence-electron chi connectivity index (χ0n) is 12.2. The predicted octanol–water partition coefficient (Wildman–Crippen LogP) is 0.0111. The van der Waals surface area contributed by atoms with E-state index in [4.69, 9.17) is 24.7 Å². The second-order valence-electron chi connectivity index (χ2n) is 3.99. The number of nitrogens with two attached hydrogens (primary N) is 1. The molecule has 0 fully saturated rings. The predicted molar refractivity (Wildman–Crippen MR) is 75.5 cm³/mol. The molecule has 6 heteroatoms. The van der Waals surface area contributed by atoms with E-state index in [9.17, 15) is 0 Å². The van der Waals surface area contributed by atoms with Crippen LogP contribution in [0.2, 0.25) is 0 Å². The van der Waals surface area contributed by atoms with Gasteiger partial charge in [0, 0.05) is 13.1 Å². The van der Waals surface area contributed by atoms with E-state index in [1.807, 2.05) is 0 Å². The molecule has 0 spiro atoms. The van der Waals surface area contributed by atoms with Crippen LogP contribution in [0.25, 0.3) is 0 Å². The molecular formula is C13H30N2O4. The summed E-state index contributed by atoms with van der Waals surface area (Å²) in [6, 6.07) is 0. The van der Waals surface area contributed by atoms with Gasteiger partial charge in [-0.1, -0.05) is 6.92 Å². The van der Waals surface area contributed by atoms with Gasteiger partial charge in [-0.2, -0.15) is 0 Å². The molecule has 6 nitrogen and oxygen atoms in total. The third-order valence-corrected chi connectivity index (χ3v) is 2.23. The first kappa shape index (κ1) is 18.8. The summed E-state index contributed by atoms with van der Waals surface area (Å²) < 4.78 is 21.2. The van der Waals surface area contributed by atoms with Gasteiger partial charge in [-0.15, -0.1) is 0 Å². The second kappa shape index (κ2) is 17.8. The van der Waals surface area contributed by atoms with Crippen molar-refractivity contribution < 1.29 is 18.9 Å². The first-order valence-electron chi connectivity index (χ1n) is 7.13. The Hall–Kier alpha value is -0.240. The summed E-state index contributed by atoms with van der Waals surface area (Å²) in [4.78, 5) is 0. The largest absolute Gasteiger partial charge is 0.378 e. The Kier molecular flexibility index (Phi) is 17.5. The fourth-order valence-corrected chi connectivity index (χ4v) is 1.29. The highest BCUT2D eigenvalue weighted by molar-refractivity contribution is 4.43. The highest BCUT2D eigenvalue weighted by Crippen LogP contribution is 1.82. The van der Waals surface area contributed by atoms with Gasteiger partial charge in [0.25, 0.3) is 0 Å². The molecule has 0 aromatic rings. The van der Waals surface area contributed by atoms with Crippen molar-refractivity contribution in [2.24, 2.45) is 5.73 Å². The summed E-state index contributed by atoms with van der Waals surface area (Å²) in [7, 11) is 0. The third-order valence-electron chi connectivity index (χ3n) is 2.23. The van der Waals surface area contributed by atoms with Crippen LogP contribution in [0, 0.1) is 0 Å². The molecule has 0 saturated carbocycles. The summed E-state index contributed by atoms with van der Waals surface area (Å²) in [6.07, 6.45) is 1.15. The molecule has 0 rings (SSSR count). The monoisotopic (exact) mass is 278 g/mol. The van der Waals surface area contributed by atoms with E-state index in [0.29, 0.717) is 52.8 Å². The minimum absolute atomic E-state index is 0.553. The lowest BCUT2D eigenvalue weighted by molar-refractivity contribution is -0.000613. The fourth-order valence-electron chi connectivity index (χ4n) is 1.29. The van der Waals surface area contributed by atoms with Gasteiger partial charge in [0.05, 0.1) is 52.9 Å². The number of hydrogen-bond donors (Lipinski definition) is 2. The van der Waals surface area contributed by atoms with Crippen molar-refractivity contribution in [3.05, 3.63) is 0 Å². The lowest BCUT2D eigenvalue weighted by Crippen LogP contribution is -2.21. The lowest BCUT2D eigenvalue weighted by Gasteiger charge is -2.07. The highest BCUT2D eigenvalue weighted by atomic mass is 16.6. The molecule has 0 aliphatic rings. The van der Waals surface area contributed by atoms with Gasteiger partial charge in [0.1, 0.15) is 0 Å². The van der Waals surface area contributed by atoms with Gasteiger partial charge in [-0.3, -0.25) is 0 Å². The normalized spacial score (nSPS) is 11.1. The molecule has 0 saturated heterocycles. The van der Waals surface area contributed by atoms with E-state index in [1.54, 1.807) is 0 Å². The standard InChI is InChI=1S/C13H30N2O4/c1-2-4-15-5-7-17-9-11-19-13-12-18-10-8-16-6-3-14/h15H,2-14H2,1H3. The topological polar surface area (TPSA) is 75.0 Å². The molecular weight excluding hydrogens is 248 g/mol. The minimum atomic E-state index is 0.553. The van der Waals surface area contributed by atoms with Gasteiger partial charge >= 0.3 is 0 Å². The maximum absolute atomic E-state index is 5.39. The fraction of sp³-hybridized carbons (Fsp3) is 1.00. The molecule has 19 heavy (non-hydrogen) atoms. The van der Waals surface area contributed by atoms with Crippen LogP contribution < -0.4 is 11.1 Å². The van der Waals surface area contributed by atoms with Crippen molar-refractivity contribution >= 4 is 0 Å². The van der Waals surface area contributed by atoms with Crippen LogP contribution >= 0.6 is 0 Å². The van der Waals surface area contributed by atoms with E-state index in [-0.39, 0.29) is 0 Å². The van der Waals surface area contributed by atoms with E-state index >= 15 is 0 Å². The molecule has 0 radical (unpaired) electrons. The van der Waals surface area contributed by atoms with Crippen LogP contribution in [0.5, 0.6) is 0 Å². The van der Waals surface area contributed by atoms with Crippen LogP contribution in [0.3, 0.4) is 0 Å². The van der Waals surface area contributed by atoms with Gasteiger partial charge in [0.2, 0.25) is 0 Å². The number of rotatable bonds is 16. The molecule has 0 aromatic heterocycles. The van der Waals surface area contributed by atoms with Gasteiger partial charge in [-0.05, 0) is 13.0 Å². The van der Waals surface area contributed by atoms with E-state index < -0.39 is 0 Å². The van der Waals surface area contributed by atoms with Crippen molar-refractivity contribution in [3.8, 4) is 0 Å². The Morgan fingerprint density at radius 1 is 0.684 bits per heavy atom. The molecule has 0 atom stereocenters. The van der Waals surface area contributed by atoms with Crippen LogP contribution in [0.4, 0.5) is 0 Å². The summed E-state index contributed by atoms with van der Waals surface area (Å²) in [5.41, 5.74) is 5.28. The first-order chi connectivity index (χ1) is 9.41. The zero-order valence-corrected chi connectivity index (χ0v) is 12.2. The van der Waals surface area contributed by atoms with Crippen LogP contribution in [-0.4, -0.2) is 72.5 Å². The average molecular weight is 278 g/mol. The molecule has 0 bridgehead atoms. The van der Waals surface area contributed by atoms with Crippen molar-refractivity contribution in [1.82, 2.24) is 5.32 Å². The van der Waals surface area contributed by atoms with Crippen molar-refractivity contribution in [1.29, 1.82) is 0 Å². The van der Waals surface area contributed by atoms with E-state index in [0.717, 1.165) is 26.1 Å². The second-order valence-corrected chi connectivity index (χ2v) is 3.99. The summed E-state index contributed by atoms with van der Waals surface area (Å²) in [5.74, 6) is 0. The Labute approximate surface area is 116 Å². The number of hydrogen-bond acceptors (Lipinski definition) is 6. The highest BCUT2D eigenvalue weighted by Gasteiger charge is 1.92. The third kappa shape index (κ3) is 17.8. The van der Waals surface area contributed by atoms with E-state index in [2.05, 4.69) is 12.2 Å². The van der Waals surface area contributed by atoms with E-state index in [1.165, 1.54) is 0 Å². The molecule has 0 amide bonds. The van der Waals surface area contributed by atoms with Crippen LogP contribution in [0.1, 0.15) is 13.3 Å². The molecule has 3 N–H and O–H groups in total. The molecule has 0 aliphatic heterocycles. The first-order valence-corrected chi connectivity index (χ1v) is 7.13. The average Bonchev–Trinajstić information content (AvgIpc) is 2.43. The summed E-state index contributed by atoms with van der Waals surface area (Å²) in [5, 5.41) is 3.27. The number of nitrogens with one attached hydrogen (secondary N) is 1. The van der Waals surface area contributed by atoms with Crippen molar-refractivity contribution in [2.45, 2.75) is 13.3 Å². The molecule has 0 unspecified atom stereocenters. The molecule has 0 aliphatic carbocycles. The van der Waals surface area contributed by atoms with Crippen LogP contribution in [-0.2, 0) is 18.9 Å². The Balaban J connectivity index is 2.88. The Morgan fingerprint density at radius 2 is 1.16 bits per heavy atom. The zero-order chi connectivity index (χ0) is 14.0. The summed E-state index contributed by atoms with van der Waals surface area (Å²) in [6.45, 7) is 9.57.